The van der Waals surface area contributed by atoms with Crippen LogP contribution in [0.25, 0.3) is 0 Å². The quantitative estimate of drug-likeness (QED) is 0.352. The van der Waals surface area contributed by atoms with Crippen LogP contribution in [-0.2, 0) is 24.5 Å². The van der Waals surface area contributed by atoms with Gasteiger partial charge in [-0.2, -0.15) is 26.0 Å². The van der Waals surface area contributed by atoms with E-state index in [1.807, 2.05) is 0 Å². The predicted octanol–water partition coefficient (Wildman–Crippen LogP) is 1.70. The van der Waals surface area contributed by atoms with Gasteiger partial charge < -0.3 is 5.32 Å². The summed E-state index contributed by atoms with van der Waals surface area (Å²) in [5.74, 6) is -0.304. The number of aromatic nitrogens is 4. The molecule has 12 nitrogen and oxygen atoms in total. The van der Waals surface area contributed by atoms with Crippen LogP contribution in [0.4, 0.5) is 5.82 Å². The van der Waals surface area contributed by atoms with Crippen LogP contribution in [0.2, 0.25) is 0 Å². The smallest absolute Gasteiger partial charge is 0.333 e. The van der Waals surface area contributed by atoms with Crippen LogP contribution in [0.15, 0.2) is 58.4 Å². The summed E-state index contributed by atoms with van der Waals surface area (Å²) in [6.45, 7) is -0.0174. The molecule has 1 saturated carbocycles. The van der Waals surface area contributed by atoms with Crippen molar-refractivity contribution < 1.29 is 25.8 Å². The van der Waals surface area contributed by atoms with Gasteiger partial charge in [-0.05, 0) is 49.4 Å². The third kappa shape index (κ3) is 6.10. The van der Waals surface area contributed by atoms with Crippen LogP contribution in [0.5, 0.6) is 0 Å². The fraction of sp³-hybridized carbons (Fsp3) is 0.300. The first-order chi connectivity index (χ1) is 16.5. The van der Waals surface area contributed by atoms with Crippen molar-refractivity contribution in [3.8, 4) is 0 Å². The molecule has 15 heteroatoms. The van der Waals surface area contributed by atoms with Crippen molar-refractivity contribution in [2.75, 3.05) is 11.9 Å². The summed E-state index contributed by atoms with van der Waals surface area (Å²) in [4.78, 5) is 21.2. The molecule has 0 spiro atoms. The normalized spacial score (nSPS) is 18.5. The molecule has 1 aliphatic rings. The van der Waals surface area contributed by atoms with Crippen molar-refractivity contribution in [2.24, 2.45) is 11.1 Å². The first kappa shape index (κ1) is 25.4. The molecule has 4 rings (SSSR count). The standard InChI is InChI=1S/C20H21BrN6O6S2/c21-14-2-1-3-16(9-14)34(29,30)27-7-6-18(26-27)19(28)17-10-23-12-24-20(17)25-15-5-4-13(8-15)11-33-35(22,31)32/h1-3,6-7,9-10,12-13,15H,4-5,8,11H2,(H2,22,31,32)(H,23,24,25). The number of carbonyl (C=O) groups is 1. The molecule has 0 aliphatic heterocycles. The summed E-state index contributed by atoms with van der Waals surface area (Å²) in [5, 5.41) is 12.1. The number of nitrogens with two attached hydrogens (primary N) is 1. The van der Waals surface area contributed by atoms with E-state index < -0.39 is 26.1 Å². The zero-order valence-corrected chi connectivity index (χ0v) is 21.3. The number of anilines is 1. The molecule has 2 aromatic heterocycles. The van der Waals surface area contributed by atoms with Gasteiger partial charge in [-0.25, -0.2) is 15.1 Å². The fourth-order valence-electron chi connectivity index (χ4n) is 3.79. The Labute approximate surface area is 210 Å². The zero-order chi connectivity index (χ0) is 25.2. The number of nitrogens with one attached hydrogen (secondary N) is 1. The molecule has 0 radical (unpaired) electrons. The highest BCUT2D eigenvalue weighted by Gasteiger charge is 2.28. The zero-order valence-electron chi connectivity index (χ0n) is 18.1. The van der Waals surface area contributed by atoms with Crippen molar-refractivity contribution in [3.05, 3.63) is 64.8 Å². The average molecular weight is 585 g/mol. The largest absolute Gasteiger partial charge is 0.367 e. The Bertz CT molecular complexity index is 1460. The van der Waals surface area contributed by atoms with Gasteiger partial charge >= 0.3 is 10.3 Å². The fourth-order valence-corrected chi connectivity index (χ4v) is 5.88. The van der Waals surface area contributed by atoms with Crippen LogP contribution in [-0.4, -0.2) is 54.4 Å². The summed E-state index contributed by atoms with van der Waals surface area (Å²) in [7, 11) is -8.00. The Morgan fingerprint density at radius 1 is 1.23 bits per heavy atom. The number of ketones is 1. The lowest BCUT2D eigenvalue weighted by atomic mass is 10.1. The van der Waals surface area contributed by atoms with Gasteiger partial charge in [0.15, 0.2) is 0 Å². The van der Waals surface area contributed by atoms with Gasteiger partial charge in [-0.3, -0.25) is 8.98 Å². The van der Waals surface area contributed by atoms with E-state index in [4.69, 9.17) is 5.14 Å². The highest BCUT2D eigenvalue weighted by molar-refractivity contribution is 9.10. The third-order valence-corrected chi connectivity index (χ3v) is 7.95. The first-order valence-corrected chi connectivity index (χ1v) is 14.1. The van der Waals surface area contributed by atoms with Gasteiger partial charge in [0.2, 0.25) is 5.78 Å². The lowest BCUT2D eigenvalue weighted by Crippen LogP contribution is -2.22. The van der Waals surface area contributed by atoms with Crippen molar-refractivity contribution >= 4 is 47.9 Å². The van der Waals surface area contributed by atoms with Crippen molar-refractivity contribution in [3.63, 3.8) is 0 Å². The SMILES string of the molecule is NS(=O)(=O)OCC1CCC(Nc2ncncc2C(=O)c2ccn(S(=O)(=O)c3cccc(Br)c3)n2)C1. The summed E-state index contributed by atoms with van der Waals surface area (Å²) < 4.78 is 53.8. The molecular formula is C20H21BrN6O6S2. The maximum atomic E-state index is 13.2. The maximum absolute atomic E-state index is 13.2. The topological polar surface area (TPSA) is 176 Å². The minimum absolute atomic E-state index is 0.0153. The van der Waals surface area contributed by atoms with E-state index in [9.17, 15) is 21.6 Å². The summed E-state index contributed by atoms with van der Waals surface area (Å²) >= 11 is 3.24. The third-order valence-electron chi connectivity index (χ3n) is 5.45. The number of benzene rings is 1. The first-order valence-electron chi connectivity index (χ1n) is 10.4. The Morgan fingerprint density at radius 3 is 2.77 bits per heavy atom. The van der Waals surface area contributed by atoms with Gasteiger partial charge in [-0.15, -0.1) is 0 Å². The molecule has 2 heterocycles. The van der Waals surface area contributed by atoms with Crippen LogP contribution in [0.3, 0.4) is 0 Å². The van der Waals surface area contributed by atoms with Gasteiger partial charge in [0.05, 0.1) is 17.1 Å². The van der Waals surface area contributed by atoms with E-state index in [0.717, 1.165) is 4.09 Å². The Kier molecular flexibility index (Phi) is 7.32. The molecule has 3 N–H and O–H groups in total. The average Bonchev–Trinajstić information content (AvgIpc) is 3.48. The van der Waals surface area contributed by atoms with Crippen LogP contribution >= 0.6 is 15.9 Å². The molecule has 2 atom stereocenters. The Hall–Kier alpha value is -2.72. The number of hydrogen-bond acceptors (Lipinski definition) is 10. The highest BCUT2D eigenvalue weighted by Crippen LogP contribution is 2.29. The number of nitrogens with zero attached hydrogens (tertiary/aromatic N) is 4. The minimum Gasteiger partial charge on any atom is -0.367 e. The van der Waals surface area contributed by atoms with E-state index in [1.165, 1.54) is 36.9 Å². The Morgan fingerprint density at radius 2 is 2.03 bits per heavy atom. The van der Waals surface area contributed by atoms with E-state index in [2.05, 4.69) is 40.5 Å². The Balaban J connectivity index is 1.50. The lowest BCUT2D eigenvalue weighted by Gasteiger charge is -2.15. The van der Waals surface area contributed by atoms with Crippen LogP contribution < -0.4 is 10.5 Å². The van der Waals surface area contributed by atoms with E-state index in [1.54, 1.807) is 12.1 Å². The van der Waals surface area contributed by atoms with Crippen molar-refractivity contribution in [1.82, 2.24) is 19.2 Å². The molecule has 35 heavy (non-hydrogen) atoms. The number of rotatable bonds is 9. The van der Waals surface area contributed by atoms with Crippen LogP contribution in [0, 0.1) is 5.92 Å². The molecule has 1 fully saturated rings. The lowest BCUT2D eigenvalue weighted by molar-refractivity contribution is 0.103. The van der Waals surface area contributed by atoms with E-state index >= 15 is 0 Å². The van der Waals surface area contributed by atoms with E-state index in [-0.39, 0.29) is 40.5 Å². The number of carbonyl (C=O) groups excluding carboxylic acids is 1. The van der Waals surface area contributed by atoms with Gasteiger partial charge in [0.1, 0.15) is 17.8 Å². The molecule has 3 aromatic rings. The summed E-state index contributed by atoms with van der Waals surface area (Å²) in [6.07, 6.45) is 5.82. The molecule has 2 unspecified atom stereocenters. The van der Waals surface area contributed by atoms with Crippen LogP contribution in [0.1, 0.15) is 35.3 Å². The van der Waals surface area contributed by atoms with Crippen molar-refractivity contribution in [2.45, 2.75) is 30.2 Å². The highest BCUT2D eigenvalue weighted by atomic mass is 79.9. The van der Waals surface area contributed by atoms with Gasteiger partial charge in [-0.1, -0.05) is 22.0 Å². The monoisotopic (exact) mass is 584 g/mol. The second-order valence-electron chi connectivity index (χ2n) is 7.95. The van der Waals surface area contributed by atoms with Crippen molar-refractivity contribution in [1.29, 1.82) is 0 Å². The molecule has 186 valence electrons. The summed E-state index contributed by atoms with van der Waals surface area (Å²) in [5.41, 5.74) is 0.0362. The van der Waals surface area contributed by atoms with Gasteiger partial charge in [0.25, 0.3) is 10.0 Å². The second-order valence-corrected chi connectivity index (χ2v) is 11.9. The predicted molar refractivity (Wildman–Crippen MR) is 128 cm³/mol. The molecular weight excluding hydrogens is 564 g/mol. The number of hydrogen-bond donors (Lipinski definition) is 2. The molecule has 0 saturated heterocycles. The van der Waals surface area contributed by atoms with E-state index in [0.29, 0.717) is 23.7 Å². The second kappa shape index (κ2) is 10.1. The van der Waals surface area contributed by atoms with Gasteiger partial charge in [0, 0.05) is 22.9 Å². The maximum Gasteiger partial charge on any atom is 0.333 e. The summed E-state index contributed by atoms with van der Waals surface area (Å²) in [6, 6.07) is 7.37. The minimum atomic E-state index is -4.00. The number of halogens is 1. The molecule has 1 aromatic carbocycles. The molecule has 0 amide bonds. The molecule has 0 bridgehead atoms. The molecule has 1 aliphatic carbocycles.